The molecule has 0 spiro atoms. The lowest BCUT2D eigenvalue weighted by Crippen LogP contribution is -2.42. The molecule has 2 heterocycles. The summed E-state index contributed by atoms with van der Waals surface area (Å²) in [6, 6.07) is 8.60. The second-order valence-corrected chi connectivity index (χ2v) is 7.78. The maximum Gasteiger partial charge on any atom is 0.255 e. The van der Waals surface area contributed by atoms with E-state index < -0.39 is 0 Å². The summed E-state index contributed by atoms with van der Waals surface area (Å²) in [7, 11) is 1.98. The zero-order chi connectivity index (χ0) is 18.8. The maximum absolute atomic E-state index is 13.2. The molecule has 1 aromatic heterocycles. The quantitative estimate of drug-likeness (QED) is 0.908. The topological polar surface area (TPSA) is 37.3 Å². The summed E-state index contributed by atoms with van der Waals surface area (Å²) in [5.74, 6) is 0.732. The molecule has 3 rings (SSSR count). The van der Waals surface area contributed by atoms with Crippen LogP contribution in [0.15, 0.2) is 24.3 Å². The number of nitrogens with one attached hydrogen (secondary N) is 1. The first kappa shape index (κ1) is 18.7. The van der Waals surface area contributed by atoms with E-state index in [1.807, 2.05) is 11.9 Å². The molecule has 2 aromatic rings. The van der Waals surface area contributed by atoms with Crippen LogP contribution in [0.5, 0.6) is 0 Å². The maximum atomic E-state index is 13.2. The summed E-state index contributed by atoms with van der Waals surface area (Å²) in [4.78, 5) is 15.2. The molecule has 1 aliphatic heterocycles. The van der Waals surface area contributed by atoms with E-state index in [4.69, 9.17) is 0 Å². The molecule has 1 amide bonds. The van der Waals surface area contributed by atoms with Crippen molar-refractivity contribution >= 4 is 5.91 Å². The molecule has 4 nitrogen and oxygen atoms in total. The fourth-order valence-corrected chi connectivity index (χ4v) is 4.33. The normalized spacial score (nSPS) is 17.6. The molecule has 1 aromatic carbocycles. The molecule has 1 fully saturated rings. The van der Waals surface area contributed by atoms with Crippen molar-refractivity contribution in [2.75, 3.05) is 26.7 Å². The average Bonchev–Trinajstić information content (AvgIpc) is 2.88. The van der Waals surface area contributed by atoms with Gasteiger partial charge in [0.1, 0.15) is 0 Å². The fraction of sp³-hybridized carbons (Fsp3) is 0.500. The first-order valence-electron chi connectivity index (χ1n) is 9.62. The fourth-order valence-electron chi connectivity index (χ4n) is 4.33. The Labute approximate surface area is 157 Å². The van der Waals surface area contributed by atoms with Crippen molar-refractivity contribution in [1.82, 2.24) is 14.8 Å². The number of rotatable bonds is 4. The van der Waals surface area contributed by atoms with Crippen LogP contribution in [0, 0.1) is 33.6 Å². The second kappa shape index (κ2) is 7.67. The smallest absolute Gasteiger partial charge is 0.255 e. The summed E-state index contributed by atoms with van der Waals surface area (Å²) in [5, 5.41) is 3.25. The number of carbonyl (C=O) groups is 1. The first-order chi connectivity index (χ1) is 12.4. The van der Waals surface area contributed by atoms with E-state index in [2.05, 4.69) is 61.8 Å². The minimum Gasteiger partial charge on any atom is -0.338 e. The molecule has 4 heteroatoms. The van der Waals surface area contributed by atoms with Gasteiger partial charge in [0.05, 0.1) is 5.56 Å². The highest BCUT2D eigenvalue weighted by Gasteiger charge is 2.26. The van der Waals surface area contributed by atoms with Crippen LogP contribution in [0.1, 0.15) is 45.7 Å². The zero-order valence-electron chi connectivity index (χ0n) is 16.7. The summed E-state index contributed by atoms with van der Waals surface area (Å²) in [6.07, 6.45) is 2.29. The number of aromatic nitrogens is 1. The van der Waals surface area contributed by atoms with Crippen molar-refractivity contribution in [3.63, 3.8) is 0 Å². The number of benzene rings is 1. The van der Waals surface area contributed by atoms with E-state index in [1.165, 1.54) is 17.5 Å². The Kier molecular flexibility index (Phi) is 5.52. The monoisotopic (exact) mass is 353 g/mol. The van der Waals surface area contributed by atoms with Crippen LogP contribution in [0.3, 0.4) is 0 Å². The highest BCUT2D eigenvalue weighted by molar-refractivity contribution is 5.96. The van der Waals surface area contributed by atoms with Gasteiger partial charge in [-0.1, -0.05) is 6.07 Å². The van der Waals surface area contributed by atoms with Crippen molar-refractivity contribution in [2.45, 2.75) is 40.5 Å². The van der Waals surface area contributed by atoms with E-state index in [9.17, 15) is 4.79 Å². The van der Waals surface area contributed by atoms with E-state index in [0.717, 1.165) is 48.7 Å². The number of carbonyl (C=O) groups excluding carboxylic acids is 1. The Morgan fingerprint density at radius 3 is 2.46 bits per heavy atom. The number of hydrogen-bond acceptors (Lipinski definition) is 2. The van der Waals surface area contributed by atoms with Crippen molar-refractivity contribution in [3.05, 3.63) is 52.3 Å². The van der Waals surface area contributed by atoms with Crippen LogP contribution < -0.4 is 5.32 Å². The SMILES string of the molecule is CNCC1CCCN(C(=O)c2cc(C)n(-c3cc(C)cc(C)c3)c2C)C1. The lowest BCUT2D eigenvalue weighted by molar-refractivity contribution is 0.0673. The molecular weight excluding hydrogens is 322 g/mol. The van der Waals surface area contributed by atoms with Crippen LogP contribution in [0.4, 0.5) is 0 Å². The van der Waals surface area contributed by atoms with Crippen LogP contribution in [-0.4, -0.2) is 42.1 Å². The minimum absolute atomic E-state index is 0.175. The van der Waals surface area contributed by atoms with E-state index >= 15 is 0 Å². The molecule has 140 valence electrons. The Hall–Kier alpha value is -2.07. The van der Waals surface area contributed by atoms with E-state index in [0.29, 0.717) is 5.92 Å². The lowest BCUT2D eigenvalue weighted by Gasteiger charge is -2.32. The molecule has 0 aliphatic carbocycles. The number of hydrogen-bond donors (Lipinski definition) is 1. The molecule has 0 saturated carbocycles. The molecule has 1 N–H and O–H groups in total. The van der Waals surface area contributed by atoms with Gasteiger partial charge in [-0.25, -0.2) is 0 Å². The second-order valence-electron chi connectivity index (χ2n) is 7.78. The van der Waals surface area contributed by atoms with Crippen LogP contribution in [0.25, 0.3) is 5.69 Å². The number of aryl methyl sites for hydroxylation is 3. The summed E-state index contributed by atoms with van der Waals surface area (Å²) < 4.78 is 2.21. The summed E-state index contributed by atoms with van der Waals surface area (Å²) in [6.45, 7) is 11.1. The number of likely N-dealkylation sites (tertiary alicyclic amines) is 1. The third kappa shape index (κ3) is 3.70. The van der Waals surface area contributed by atoms with Crippen molar-refractivity contribution in [3.8, 4) is 5.69 Å². The number of piperidine rings is 1. The van der Waals surface area contributed by atoms with Crippen molar-refractivity contribution < 1.29 is 4.79 Å². The lowest BCUT2D eigenvalue weighted by atomic mass is 9.97. The molecule has 1 saturated heterocycles. The predicted octanol–water partition coefficient (Wildman–Crippen LogP) is 3.78. The van der Waals surface area contributed by atoms with Gasteiger partial charge >= 0.3 is 0 Å². The molecular formula is C22H31N3O. The molecule has 0 bridgehead atoms. The van der Waals surface area contributed by atoms with E-state index in [1.54, 1.807) is 0 Å². The standard InChI is InChI=1S/C22H31N3O/c1-15-9-16(2)11-20(10-15)25-17(3)12-21(18(25)4)22(26)24-8-6-7-19(14-24)13-23-5/h9-12,19,23H,6-8,13-14H2,1-5H3. The molecule has 0 radical (unpaired) electrons. The van der Waals surface area contributed by atoms with Crippen molar-refractivity contribution in [1.29, 1.82) is 0 Å². The Morgan fingerprint density at radius 2 is 1.81 bits per heavy atom. The van der Waals surface area contributed by atoms with Gasteiger partial charge in [-0.3, -0.25) is 4.79 Å². The highest BCUT2D eigenvalue weighted by atomic mass is 16.2. The van der Waals surface area contributed by atoms with Gasteiger partial charge < -0.3 is 14.8 Å². The molecule has 1 aliphatic rings. The Balaban J connectivity index is 1.91. The molecule has 1 atom stereocenters. The predicted molar refractivity (Wildman–Crippen MR) is 107 cm³/mol. The van der Waals surface area contributed by atoms with Gasteiger partial charge in [-0.15, -0.1) is 0 Å². The number of amides is 1. The molecule has 1 unspecified atom stereocenters. The summed E-state index contributed by atoms with van der Waals surface area (Å²) >= 11 is 0. The largest absolute Gasteiger partial charge is 0.338 e. The molecule has 26 heavy (non-hydrogen) atoms. The third-order valence-electron chi connectivity index (χ3n) is 5.43. The Morgan fingerprint density at radius 1 is 1.12 bits per heavy atom. The van der Waals surface area contributed by atoms with Gasteiger partial charge in [0.25, 0.3) is 5.91 Å². The first-order valence-corrected chi connectivity index (χ1v) is 9.62. The Bertz CT molecular complexity index is 784. The summed E-state index contributed by atoms with van der Waals surface area (Å²) in [5.41, 5.74) is 6.61. The van der Waals surface area contributed by atoms with Crippen LogP contribution in [0.2, 0.25) is 0 Å². The zero-order valence-corrected chi connectivity index (χ0v) is 16.7. The van der Waals surface area contributed by atoms with Crippen molar-refractivity contribution in [2.24, 2.45) is 5.92 Å². The van der Waals surface area contributed by atoms with Crippen LogP contribution in [-0.2, 0) is 0 Å². The van der Waals surface area contributed by atoms with Gasteiger partial charge in [0.15, 0.2) is 0 Å². The minimum atomic E-state index is 0.175. The number of nitrogens with zero attached hydrogens (tertiary/aromatic N) is 2. The van der Waals surface area contributed by atoms with E-state index in [-0.39, 0.29) is 5.91 Å². The van der Waals surface area contributed by atoms with Gasteiger partial charge in [-0.2, -0.15) is 0 Å². The van der Waals surface area contributed by atoms with Gasteiger partial charge in [-0.05, 0) is 89.4 Å². The highest BCUT2D eigenvalue weighted by Crippen LogP contribution is 2.25. The third-order valence-corrected chi connectivity index (χ3v) is 5.43. The van der Waals surface area contributed by atoms with Gasteiger partial charge in [0.2, 0.25) is 0 Å². The van der Waals surface area contributed by atoms with Gasteiger partial charge in [0, 0.05) is 30.2 Å². The average molecular weight is 354 g/mol. The van der Waals surface area contributed by atoms with Crippen LogP contribution >= 0.6 is 0 Å².